The molecule has 2 aromatic rings. The average molecular weight is 519 g/mol. The fourth-order valence-electron chi connectivity index (χ4n) is 3.44. The molecule has 1 fully saturated rings. The Kier molecular flexibility index (Phi) is 7.67. The molecule has 1 aliphatic heterocycles. The molecular formula is C19H20ClFN4O6S2. The molecule has 178 valence electrons. The van der Waals surface area contributed by atoms with Crippen LogP contribution in [0.25, 0.3) is 0 Å². The van der Waals surface area contributed by atoms with Crippen molar-refractivity contribution in [3.8, 4) is 0 Å². The number of aromatic nitrogens is 1. The van der Waals surface area contributed by atoms with E-state index in [2.05, 4.69) is 10.3 Å². The molecule has 0 aliphatic carbocycles. The van der Waals surface area contributed by atoms with Crippen molar-refractivity contribution >= 4 is 55.8 Å². The number of anilines is 1. The minimum atomic E-state index is -4.33. The van der Waals surface area contributed by atoms with Crippen LogP contribution >= 0.6 is 22.9 Å². The highest BCUT2D eigenvalue weighted by Gasteiger charge is 2.45. The van der Waals surface area contributed by atoms with Crippen molar-refractivity contribution in [3.63, 3.8) is 0 Å². The molecule has 0 saturated carbocycles. The molecule has 2 unspecified atom stereocenters. The molecular weight excluding hydrogens is 499 g/mol. The average Bonchev–Trinajstić information content (AvgIpc) is 3.33. The van der Waals surface area contributed by atoms with Gasteiger partial charge in [0.15, 0.2) is 9.34 Å². The number of hydrogen-bond donors (Lipinski definition) is 2. The minimum absolute atomic E-state index is 0.0478. The van der Waals surface area contributed by atoms with Gasteiger partial charge >= 0.3 is 0 Å². The van der Waals surface area contributed by atoms with Crippen molar-refractivity contribution in [3.05, 3.63) is 40.8 Å². The molecule has 0 spiro atoms. The normalized spacial score (nSPS) is 18.4. The summed E-state index contributed by atoms with van der Waals surface area (Å²) in [6, 6.07) is 2.97. The quantitative estimate of drug-likeness (QED) is 0.545. The fourth-order valence-corrected chi connectivity index (χ4v) is 5.66. The monoisotopic (exact) mass is 518 g/mol. The molecule has 2 heterocycles. The van der Waals surface area contributed by atoms with Gasteiger partial charge in [-0.15, -0.1) is 0 Å². The van der Waals surface area contributed by atoms with E-state index >= 15 is 0 Å². The zero-order valence-corrected chi connectivity index (χ0v) is 19.9. The summed E-state index contributed by atoms with van der Waals surface area (Å²) in [4.78, 5) is 41.9. The number of nitrogens with zero attached hydrogens (tertiary/aromatic N) is 2. The van der Waals surface area contributed by atoms with E-state index in [0.29, 0.717) is 16.9 Å². The van der Waals surface area contributed by atoms with Crippen LogP contribution in [0.15, 0.2) is 28.6 Å². The maximum absolute atomic E-state index is 14.1. The summed E-state index contributed by atoms with van der Waals surface area (Å²) >= 11 is 6.42. The first-order chi connectivity index (χ1) is 15.5. The van der Waals surface area contributed by atoms with Crippen LogP contribution in [0.1, 0.15) is 24.9 Å². The van der Waals surface area contributed by atoms with E-state index in [1.807, 2.05) is 4.72 Å². The number of carbonyl (C=O) groups is 3. The van der Waals surface area contributed by atoms with Gasteiger partial charge in [0.2, 0.25) is 17.7 Å². The SMILES string of the molecule is COCCN1C(=O)CC(C(=O)NS(=O)(=O)c2cnc(NC(C)=O)s2)C1c1ccc(Cl)c(F)c1. The highest BCUT2D eigenvalue weighted by molar-refractivity contribution is 7.92. The third-order valence-corrected chi connectivity index (χ3v) is 7.88. The van der Waals surface area contributed by atoms with Gasteiger partial charge in [-0.2, -0.15) is 0 Å². The van der Waals surface area contributed by atoms with E-state index in [1.165, 1.54) is 31.1 Å². The lowest BCUT2D eigenvalue weighted by atomic mass is 9.93. The molecule has 1 aromatic heterocycles. The molecule has 2 atom stereocenters. The van der Waals surface area contributed by atoms with Gasteiger partial charge < -0.3 is 15.0 Å². The Balaban J connectivity index is 1.89. The van der Waals surface area contributed by atoms with Crippen LogP contribution in [0.2, 0.25) is 5.02 Å². The Hall–Kier alpha value is -2.61. The van der Waals surface area contributed by atoms with Gasteiger partial charge in [-0.1, -0.05) is 29.0 Å². The molecule has 0 bridgehead atoms. The number of hydrogen-bond acceptors (Lipinski definition) is 8. The summed E-state index contributed by atoms with van der Waals surface area (Å²) in [5, 5.41) is 2.28. The number of halogens is 2. The first-order valence-corrected chi connectivity index (χ1v) is 12.2. The number of rotatable bonds is 8. The van der Waals surface area contributed by atoms with Gasteiger partial charge in [0.25, 0.3) is 10.0 Å². The van der Waals surface area contributed by atoms with Crippen molar-refractivity contribution in [2.45, 2.75) is 23.6 Å². The summed E-state index contributed by atoms with van der Waals surface area (Å²) < 4.78 is 46.2. The molecule has 2 N–H and O–H groups in total. The number of amides is 3. The van der Waals surface area contributed by atoms with Crippen molar-refractivity contribution < 1.29 is 31.9 Å². The highest BCUT2D eigenvalue weighted by atomic mass is 35.5. The Bertz CT molecular complexity index is 1190. The molecule has 10 nitrogen and oxygen atoms in total. The van der Waals surface area contributed by atoms with Crippen LogP contribution in [0.3, 0.4) is 0 Å². The number of likely N-dealkylation sites (tertiary alicyclic amines) is 1. The topological polar surface area (TPSA) is 135 Å². The van der Waals surface area contributed by atoms with Crippen LogP contribution in [-0.4, -0.2) is 56.3 Å². The lowest BCUT2D eigenvalue weighted by Gasteiger charge is -2.28. The second-order valence-electron chi connectivity index (χ2n) is 7.14. The van der Waals surface area contributed by atoms with Gasteiger partial charge in [-0.05, 0) is 17.7 Å². The maximum atomic E-state index is 14.1. The minimum Gasteiger partial charge on any atom is -0.383 e. The summed E-state index contributed by atoms with van der Waals surface area (Å²) in [6.07, 6.45) is 0.724. The lowest BCUT2D eigenvalue weighted by Crippen LogP contribution is -2.39. The smallest absolute Gasteiger partial charge is 0.275 e. The summed E-state index contributed by atoms with van der Waals surface area (Å²) in [6.45, 7) is 1.52. The molecule has 1 aliphatic rings. The third kappa shape index (κ3) is 5.66. The number of carbonyl (C=O) groups excluding carboxylic acids is 3. The maximum Gasteiger partial charge on any atom is 0.275 e. The number of sulfonamides is 1. The van der Waals surface area contributed by atoms with Crippen LogP contribution < -0.4 is 10.0 Å². The van der Waals surface area contributed by atoms with Gasteiger partial charge in [0.1, 0.15) is 5.82 Å². The number of benzene rings is 1. The van der Waals surface area contributed by atoms with E-state index in [-0.39, 0.29) is 33.9 Å². The van der Waals surface area contributed by atoms with Crippen molar-refractivity contribution in [1.29, 1.82) is 0 Å². The van der Waals surface area contributed by atoms with E-state index in [9.17, 15) is 27.2 Å². The number of methoxy groups -OCH3 is 1. The molecule has 33 heavy (non-hydrogen) atoms. The van der Waals surface area contributed by atoms with Gasteiger partial charge in [-0.25, -0.2) is 22.5 Å². The molecule has 3 amide bonds. The Morgan fingerprint density at radius 1 is 1.39 bits per heavy atom. The first kappa shape index (κ1) is 25.0. The largest absolute Gasteiger partial charge is 0.383 e. The third-order valence-electron chi connectivity index (χ3n) is 4.86. The number of ether oxygens (including phenoxy) is 1. The van der Waals surface area contributed by atoms with Crippen LogP contribution in [-0.2, 0) is 29.1 Å². The van der Waals surface area contributed by atoms with E-state index in [0.717, 1.165) is 12.3 Å². The van der Waals surface area contributed by atoms with Crippen LogP contribution in [0, 0.1) is 11.7 Å². The van der Waals surface area contributed by atoms with Crippen molar-refractivity contribution in [2.75, 3.05) is 25.6 Å². The second-order valence-corrected chi connectivity index (χ2v) is 10.5. The predicted molar refractivity (Wildman–Crippen MR) is 118 cm³/mol. The Morgan fingerprint density at radius 2 is 2.12 bits per heavy atom. The Labute approximate surface area is 198 Å². The summed E-state index contributed by atoms with van der Waals surface area (Å²) in [5.74, 6) is -3.63. The first-order valence-electron chi connectivity index (χ1n) is 9.57. The summed E-state index contributed by atoms with van der Waals surface area (Å²) in [5.41, 5.74) is 0.294. The van der Waals surface area contributed by atoms with E-state index in [1.54, 1.807) is 0 Å². The molecule has 1 saturated heterocycles. The van der Waals surface area contributed by atoms with Gasteiger partial charge in [0.05, 0.1) is 29.8 Å². The highest BCUT2D eigenvalue weighted by Crippen LogP contribution is 2.39. The molecule has 0 radical (unpaired) electrons. The number of thiazole rings is 1. The molecule has 3 rings (SSSR count). The van der Waals surface area contributed by atoms with Gasteiger partial charge in [0, 0.05) is 27.0 Å². The van der Waals surface area contributed by atoms with E-state index < -0.39 is 45.5 Å². The zero-order valence-electron chi connectivity index (χ0n) is 17.5. The van der Waals surface area contributed by atoms with Crippen LogP contribution in [0.5, 0.6) is 0 Å². The standard InChI is InChI=1S/C19H20ClFN4O6S2/c1-10(26)23-19-22-9-16(32-19)33(29,30)24-18(28)12-8-15(27)25(5-6-31-2)17(12)11-3-4-13(20)14(21)7-11/h3-4,7,9,12,17H,5-6,8H2,1-2H3,(H,24,28)(H,22,23,26). The van der Waals surface area contributed by atoms with Crippen molar-refractivity contribution in [2.24, 2.45) is 5.92 Å². The lowest BCUT2D eigenvalue weighted by molar-refractivity contribution is -0.129. The fraction of sp³-hybridized carbons (Fsp3) is 0.368. The Morgan fingerprint density at radius 3 is 2.76 bits per heavy atom. The van der Waals surface area contributed by atoms with Crippen molar-refractivity contribution in [1.82, 2.24) is 14.6 Å². The predicted octanol–water partition coefficient (Wildman–Crippen LogP) is 1.94. The second kappa shape index (κ2) is 10.1. The van der Waals surface area contributed by atoms with Gasteiger partial charge in [-0.3, -0.25) is 14.4 Å². The van der Waals surface area contributed by atoms with E-state index in [4.69, 9.17) is 16.3 Å². The zero-order chi connectivity index (χ0) is 24.3. The van der Waals surface area contributed by atoms with Crippen LogP contribution in [0.4, 0.5) is 9.52 Å². The number of nitrogens with one attached hydrogen (secondary N) is 2. The summed E-state index contributed by atoms with van der Waals surface area (Å²) in [7, 11) is -2.89. The molecule has 1 aromatic carbocycles. The molecule has 14 heteroatoms.